The van der Waals surface area contributed by atoms with Crippen LogP contribution in [0.25, 0.3) is 22.0 Å². The minimum absolute atomic E-state index is 0. The van der Waals surface area contributed by atoms with Crippen LogP contribution in [0.15, 0.2) is 53.3 Å². The maximum atomic E-state index is 13.0. The van der Waals surface area contributed by atoms with E-state index in [1.54, 1.807) is 6.07 Å². The van der Waals surface area contributed by atoms with E-state index in [-0.39, 0.29) is 23.9 Å². The molecule has 0 radical (unpaired) electrons. The summed E-state index contributed by atoms with van der Waals surface area (Å²) in [5.74, 6) is -0.00378. The number of morpholine rings is 1. The van der Waals surface area contributed by atoms with Crippen molar-refractivity contribution in [1.29, 1.82) is 0 Å². The van der Waals surface area contributed by atoms with E-state index in [2.05, 4.69) is 20.4 Å². The number of nitrogens with zero attached hydrogens (tertiary/aromatic N) is 2. The van der Waals surface area contributed by atoms with Crippen LogP contribution >= 0.6 is 12.4 Å². The van der Waals surface area contributed by atoms with Gasteiger partial charge in [-0.3, -0.25) is 14.5 Å². The maximum absolute atomic E-state index is 13.0. The lowest BCUT2D eigenvalue weighted by Gasteiger charge is -2.29. The molecule has 8 heteroatoms. The number of carbonyl (C=O) groups is 1. The molecule has 0 unspecified atom stereocenters. The molecule has 1 aliphatic rings. The summed E-state index contributed by atoms with van der Waals surface area (Å²) in [4.78, 5) is 27.5. The van der Waals surface area contributed by atoms with E-state index >= 15 is 0 Å². The third-order valence-electron chi connectivity index (χ3n) is 6.08. The van der Waals surface area contributed by atoms with Gasteiger partial charge in [-0.15, -0.1) is 12.4 Å². The molecule has 2 heterocycles. The highest BCUT2D eigenvalue weighted by Crippen LogP contribution is 2.28. The Morgan fingerprint density at radius 3 is 2.61 bits per heavy atom. The molecule has 0 bridgehead atoms. The molecule has 1 saturated heterocycles. The number of aromatic amines is 1. The van der Waals surface area contributed by atoms with E-state index in [0.717, 1.165) is 56.6 Å². The number of hydrogen-bond donors (Lipinski definition) is 2. The molecule has 0 atom stereocenters. The molecule has 0 spiro atoms. The fraction of sp³-hybridized carbons (Fsp3) is 0.400. The van der Waals surface area contributed by atoms with Crippen LogP contribution in [-0.2, 0) is 9.53 Å². The first-order valence-electron chi connectivity index (χ1n) is 11.1. The number of rotatable bonds is 7. The summed E-state index contributed by atoms with van der Waals surface area (Å²) in [6.07, 6.45) is 1.77. The van der Waals surface area contributed by atoms with E-state index in [1.165, 1.54) is 0 Å². The molecule has 1 fully saturated rings. The summed E-state index contributed by atoms with van der Waals surface area (Å²) in [6, 6.07) is 15.0. The van der Waals surface area contributed by atoms with Crippen molar-refractivity contribution >= 4 is 34.8 Å². The van der Waals surface area contributed by atoms with Crippen LogP contribution in [0.4, 0.5) is 5.69 Å². The third kappa shape index (κ3) is 5.99. The van der Waals surface area contributed by atoms with E-state index in [0.29, 0.717) is 16.8 Å². The monoisotopic (exact) mass is 470 g/mol. The second-order valence-corrected chi connectivity index (χ2v) is 8.92. The van der Waals surface area contributed by atoms with E-state index in [4.69, 9.17) is 4.74 Å². The topological polar surface area (TPSA) is 87.3 Å². The van der Waals surface area contributed by atoms with Gasteiger partial charge in [0.1, 0.15) is 0 Å². The Balaban J connectivity index is 0.00000306. The Morgan fingerprint density at radius 2 is 1.85 bits per heavy atom. The third-order valence-corrected chi connectivity index (χ3v) is 6.08. The highest BCUT2D eigenvalue weighted by atomic mass is 35.5. The van der Waals surface area contributed by atoms with Gasteiger partial charge in [-0.1, -0.05) is 44.2 Å². The van der Waals surface area contributed by atoms with Crippen LogP contribution in [0.3, 0.4) is 0 Å². The smallest absolute Gasteiger partial charge is 0.272 e. The zero-order valence-corrected chi connectivity index (χ0v) is 19.9. The van der Waals surface area contributed by atoms with Gasteiger partial charge in [-0.05, 0) is 37.6 Å². The highest BCUT2D eigenvalue weighted by molar-refractivity contribution is 5.97. The molecule has 1 aliphatic heterocycles. The van der Waals surface area contributed by atoms with E-state index < -0.39 is 5.41 Å². The van der Waals surface area contributed by atoms with Crippen molar-refractivity contribution in [3.8, 4) is 11.3 Å². The van der Waals surface area contributed by atoms with Crippen molar-refractivity contribution in [2.45, 2.75) is 26.7 Å². The summed E-state index contributed by atoms with van der Waals surface area (Å²) in [5, 5.41) is 11.3. The molecular weight excluding hydrogens is 440 g/mol. The van der Waals surface area contributed by atoms with E-state index in [1.807, 2.05) is 56.3 Å². The Morgan fingerprint density at radius 1 is 1.12 bits per heavy atom. The van der Waals surface area contributed by atoms with Crippen LogP contribution in [0.1, 0.15) is 26.7 Å². The van der Waals surface area contributed by atoms with Gasteiger partial charge in [0, 0.05) is 35.1 Å². The molecule has 1 aromatic heterocycles. The standard InChI is InChI=1S/C25H30N4O3.ClH/c1-25(2,11-6-12-29-13-15-32-16-14-29)24(31)26-19-8-5-7-18(17-19)22-20-9-3-4-10-21(20)23(30)28-27-22;/h3-5,7-10,17H,6,11-16H2,1-2H3,(H,26,31)(H,28,30);1H. The number of fused-ring (bicyclic) bond motifs is 1. The number of H-pyrrole nitrogens is 1. The molecule has 2 aromatic carbocycles. The second-order valence-electron chi connectivity index (χ2n) is 8.92. The second kappa shape index (κ2) is 10.9. The molecular formula is C25H31ClN4O3. The number of hydrogen-bond acceptors (Lipinski definition) is 5. The highest BCUT2D eigenvalue weighted by Gasteiger charge is 2.27. The molecule has 33 heavy (non-hydrogen) atoms. The summed E-state index contributed by atoms with van der Waals surface area (Å²) >= 11 is 0. The number of aromatic nitrogens is 2. The molecule has 7 nitrogen and oxygen atoms in total. The lowest BCUT2D eigenvalue weighted by atomic mass is 9.86. The van der Waals surface area contributed by atoms with E-state index in [9.17, 15) is 9.59 Å². The van der Waals surface area contributed by atoms with Crippen molar-refractivity contribution in [2.75, 3.05) is 38.2 Å². The number of ether oxygens (including phenoxy) is 1. The molecule has 1 amide bonds. The van der Waals surface area contributed by atoms with Crippen LogP contribution in [0.5, 0.6) is 0 Å². The summed E-state index contributed by atoms with van der Waals surface area (Å²) in [6.45, 7) is 8.48. The van der Waals surface area contributed by atoms with Gasteiger partial charge >= 0.3 is 0 Å². The largest absolute Gasteiger partial charge is 0.379 e. The van der Waals surface area contributed by atoms with Crippen molar-refractivity contribution in [3.05, 3.63) is 58.9 Å². The van der Waals surface area contributed by atoms with Crippen LogP contribution in [0, 0.1) is 5.41 Å². The quantitative estimate of drug-likeness (QED) is 0.543. The Bertz CT molecular complexity index is 1160. The summed E-state index contributed by atoms with van der Waals surface area (Å²) in [7, 11) is 0. The van der Waals surface area contributed by atoms with Gasteiger partial charge in [-0.2, -0.15) is 5.10 Å². The first-order chi connectivity index (χ1) is 15.4. The molecule has 176 valence electrons. The Labute approximate surface area is 199 Å². The van der Waals surface area contributed by atoms with Crippen LogP contribution in [0.2, 0.25) is 0 Å². The number of amides is 1. The Hall–Kier alpha value is -2.74. The predicted molar refractivity (Wildman–Crippen MR) is 134 cm³/mol. The summed E-state index contributed by atoms with van der Waals surface area (Å²) < 4.78 is 5.39. The normalized spacial score (nSPS) is 14.6. The predicted octanol–water partition coefficient (Wildman–Crippen LogP) is 4.09. The average molecular weight is 471 g/mol. The summed E-state index contributed by atoms with van der Waals surface area (Å²) in [5.41, 5.74) is 1.53. The van der Waals surface area contributed by atoms with Gasteiger partial charge in [0.15, 0.2) is 0 Å². The number of anilines is 1. The average Bonchev–Trinajstić information content (AvgIpc) is 2.80. The zero-order chi connectivity index (χ0) is 22.6. The van der Waals surface area contributed by atoms with Crippen LogP contribution in [-0.4, -0.2) is 53.9 Å². The van der Waals surface area contributed by atoms with Crippen molar-refractivity contribution in [1.82, 2.24) is 15.1 Å². The van der Waals surface area contributed by atoms with Gasteiger partial charge < -0.3 is 10.1 Å². The van der Waals surface area contributed by atoms with Gasteiger partial charge in [-0.25, -0.2) is 5.10 Å². The van der Waals surface area contributed by atoms with Crippen molar-refractivity contribution in [3.63, 3.8) is 0 Å². The van der Waals surface area contributed by atoms with Gasteiger partial charge in [0.2, 0.25) is 5.91 Å². The number of nitrogens with one attached hydrogen (secondary N) is 2. The minimum atomic E-state index is -0.481. The Kier molecular flexibility index (Phi) is 8.24. The molecule has 4 rings (SSSR count). The fourth-order valence-electron chi connectivity index (χ4n) is 4.06. The molecule has 2 N–H and O–H groups in total. The number of benzene rings is 2. The van der Waals surface area contributed by atoms with Crippen LogP contribution < -0.4 is 10.9 Å². The molecule has 0 aliphatic carbocycles. The van der Waals surface area contributed by atoms with Gasteiger partial charge in [0.25, 0.3) is 5.56 Å². The fourth-order valence-corrected chi connectivity index (χ4v) is 4.06. The van der Waals surface area contributed by atoms with Crippen molar-refractivity contribution < 1.29 is 9.53 Å². The number of carbonyl (C=O) groups excluding carboxylic acids is 1. The zero-order valence-electron chi connectivity index (χ0n) is 19.1. The van der Waals surface area contributed by atoms with Crippen molar-refractivity contribution in [2.24, 2.45) is 5.41 Å². The number of halogens is 1. The molecule has 0 saturated carbocycles. The maximum Gasteiger partial charge on any atom is 0.272 e. The molecule has 3 aromatic rings. The first kappa shape index (κ1) is 24.9. The van der Waals surface area contributed by atoms with Gasteiger partial charge in [0.05, 0.1) is 24.3 Å². The SMILES string of the molecule is CC(C)(CCCN1CCOCC1)C(=O)Nc1cccc(-c2n[nH]c(=O)c3ccccc23)c1.Cl. The first-order valence-corrected chi connectivity index (χ1v) is 11.1. The minimum Gasteiger partial charge on any atom is -0.379 e. The lowest BCUT2D eigenvalue weighted by Crippen LogP contribution is -2.38. The lowest BCUT2D eigenvalue weighted by molar-refractivity contribution is -0.124.